The van der Waals surface area contributed by atoms with Crippen LogP contribution in [-0.2, 0) is 0 Å². The fourth-order valence-corrected chi connectivity index (χ4v) is 3.84. The molecule has 11 heteroatoms. The molecule has 0 unspecified atom stereocenters. The number of nitrogens with one attached hydrogen (secondary N) is 2. The number of benzene rings is 1. The van der Waals surface area contributed by atoms with Gasteiger partial charge in [0.1, 0.15) is 5.02 Å². The van der Waals surface area contributed by atoms with E-state index >= 15 is 0 Å². The predicted octanol–water partition coefficient (Wildman–Crippen LogP) is 2.29. The number of quaternary nitrogens is 1. The van der Waals surface area contributed by atoms with E-state index in [-0.39, 0.29) is 18.2 Å². The largest absolute Gasteiger partial charge is 0.463 e. The second-order valence-electron chi connectivity index (χ2n) is 6.84. The van der Waals surface area contributed by atoms with Gasteiger partial charge in [-0.2, -0.15) is 0 Å². The van der Waals surface area contributed by atoms with Crippen molar-refractivity contribution in [1.82, 2.24) is 5.32 Å². The normalized spacial score (nSPS) is 15.6. The molecule has 1 aromatic carbocycles. The minimum absolute atomic E-state index is 0.137. The quantitative estimate of drug-likeness (QED) is 0.518. The first-order valence-electron chi connectivity index (χ1n) is 9.17. The topological polar surface area (TPSA) is 133 Å². The van der Waals surface area contributed by atoms with Crippen molar-refractivity contribution in [2.75, 3.05) is 19.6 Å². The van der Waals surface area contributed by atoms with Gasteiger partial charge >= 0.3 is 0 Å². The predicted molar refractivity (Wildman–Crippen MR) is 103 cm³/mol. The summed E-state index contributed by atoms with van der Waals surface area (Å²) >= 11 is 5.99. The lowest BCUT2D eigenvalue weighted by molar-refractivity contribution is -0.936. The van der Waals surface area contributed by atoms with Crippen LogP contribution in [0.1, 0.15) is 41.4 Å². The van der Waals surface area contributed by atoms with Crippen molar-refractivity contribution in [2.45, 2.75) is 25.3 Å². The van der Waals surface area contributed by atoms with Gasteiger partial charge in [-0.3, -0.25) is 25.0 Å². The number of carbonyl (C=O) groups excluding carboxylic acids is 1. The molecular weight excluding hydrogens is 404 g/mol. The molecule has 154 valence electrons. The number of hydrogen-bond donors (Lipinski definition) is 2. The zero-order valence-electron chi connectivity index (χ0n) is 15.4. The molecule has 0 aliphatic carbocycles. The van der Waals surface area contributed by atoms with E-state index in [1.54, 1.807) is 12.3 Å². The molecule has 1 amide bonds. The first-order valence-corrected chi connectivity index (χ1v) is 9.54. The van der Waals surface area contributed by atoms with E-state index in [9.17, 15) is 25.0 Å². The van der Waals surface area contributed by atoms with Gasteiger partial charge in [0, 0.05) is 6.07 Å². The fourth-order valence-electron chi connectivity index (χ4n) is 3.58. The van der Waals surface area contributed by atoms with E-state index in [1.165, 1.54) is 4.90 Å². The van der Waals surface area contributed by atoms with E-state index in [0.717, 1.165) is 50.2 Å². The number of piperidine rings is 1. The van der Waals surface area contributed by atoms with Crippen LogP contribution < -0.4 is 10.2 Å². The number of hydrogen-bond acceptors (Lipinski definition) is 6. The van der Waals surface area contributed by atoms with Crippen molar-refractivity contribution in [3.05, 3.63) is 67.1 Å². The van der Waals surface area contributed by atoms with Gasteiger partial charge in [0.05, 0.1) is 47.4 Å². The third kappa shape index (κ3) is 4.72. The number of non-ortho nitro benzene ring substituents is 1. The Labute approximate surface area is 170 Å². The molecule has 1 aromatic heterocycles. The zero-order valence-corrected chi connectivity index (χ0v) is 16.2. The lowest BCUT2D eigenvalue weighted by atomic mass is 10.1. The van der Waals surface area contributed by atoms with Crippen molar-refractivity contribution < 1.29 is 24.0 Å². The second kappa shape index (κ2) is 9.01. The first-order chi connectivity index (χ1) is 13.9. The summed E-state index contributed by atoms with van der Waals surface area (Å²) in [6, 6.07) is 5.16. The molecule has 1 saturated heterocycles. The summed E-state index contributed by atoms with van der Waals surface area (Å²) in [4.78, 5) is 34.5. The number of rotatable bonds is 7. The maximum Gasteiger partial charge on any atom is 0.295 e. The Kier molecular flexibility index (Phi) is 6.45. The summed E-state index contributed by atoms with van der Waals surface area (Å²) in [7, 11) is 0. The number of nitro groups is 2. The minimum Gasteiger partial charge on any atom is -0.463 e. The van der Waals surface area contributed by atoms with Crippen molar-refractivity contribution in [3.63, 3.8) is 0 Å². The molecule has 29 heavy (non-hydrogen) atoms. The van der Waals surface area contributed by atoms with Crippen LogP contribution in [-0.4, -0.2) is 35.4 Å². The summed E-state index contributed by atoms with van der Waals surface area (Å²) in [5.74, 6) is 0.00749. The SMILES string of the molecule is O=C(NC[C@@H](c1ccco1)[NH+]1CCCCC1)c1cc([N+](=O)[O-])cc([N+](=O)[O-])c1Cl. The third-order valence-corrected chi connectivity index (χ3v) is 5.43. The lowest BCUT2D eigenvalue weighted by Crippen LogP contribution is -3.13. The summed E-state index contributed by atoms with van der Waals surface area (Å²) in [6.07, 6.45) is 4.87. The smallest absolute Gasteiger partial charge is 0.295 e. The van der Waals surface area contributed by atoms with Crippen LogP contribution in [0.25, 0.3) is 0 Å². The fraction of sp³-hybridized carbons (Fsp3) is 0.389. The molecule has 2 N–H and O–H groups in total. The minimum atomic E-state index is -0.852. The highest BCUT2D eigenvalue weighted by atomic mass is 35.5. The van der Waals surface area contributed by atoms with Gasteiger partial charge in [0.2, 0.25) is 0 Å². The Hall–Kier alpha value is -2.98. The maximum absolute atomic E-state index is 12.7. The molecule has 0 saturated carbocycles. The van der Waals surface area contributed by atoms with Crippen molar-refractivity contribution in [2.24, 2.45) is 0 Å². The highest BCUT2D eigenvalue weighted by Crippen LogP contribution is 2.32. The molecule has 1 aliphatic rings. The summed E-state index contributed by atoms with van der Waals surface area (Å²) < 4.78 is 5.53. The van der Waals surface area contributed by atoms with Crippen molar-refractivity contribution >= 4 is 28.9 Å². The standard InChI is InChI=1S/C18H19ClN4O6/c19-17-13(9-12(22(25)26)10-14(17)23(27)28)18(24)20-11-15(16-5-4-8-29-16)21-6-2-1-3-7-21/h4-5,8-10,15H,1-3,6-7,11H2,(H,20,24)/p+1/t15-/m0/s1. The monoisotopic (exact) mass is 423 g/mol. The van der Waals surface area contributed by atoms with Crippen molar-refractivity contribution in [1.29, 1.82) is 0 Å². The molecule has 3 rings (SSSR count). The number of carbonyl (C=O) groups is 1. The van der Waals surface area contributed by atoms with Crippen LogP contribution >= 0.6 is 11.6 Å². The first kappa shape index (κ1) is 20.7. The average molecular weight is 424 g/mol. The van der Waals surface area contributed by atoms with Crippen LogP contribution in [0.15, 0.2) is 34.9 Å². The van der Waals surface area contributed by atoms with Crippen LogP contribution in [0, 0.1) is 20.2 Å². The Bertz CT molecular complexity index is 911. The maximum atomic E-state index is 12.7. The van der Waals surface area contributed by atoms with Gasteiger partial charge in [0.25, 0.3) is 17.3 Å². The Morgan fingerprint density at radius 3 is 2.52 bits per heavy atom. The molecule has 0 bridgehead atoms. The van der Waals surface area contributed by atoms with Gasteiger partial charge in [-0.05, 0) is 31.4 Å². The molecule has 1 aliphatic heterocycles. The number of amides is 1. The molecule has 10 nitrogen and oxygen atoms in total. The van der Waals surface area contributed by atoms with Crippen molar-refractivity contribution in [3.8, 4) is 0 Å². The Balaban J connectivity index is 1.83. The van der Waals surface area contributed by atoms with Gasteiger partial charge in [0.15, 0.2) is 11.8 Å². The lowest BCUT2D eigenvalue weighted by Gasteiger charge is -2.30. The van der Waals surface area contributed by atoms with Gasteiger partial charge in [-0.15, -0.1) is 0 Å². The highest BCUT2D eigenvalue weighted by Gasteiger charge is 2.30. The van der Waals surface area contributed by atoms with E-state index in [1.807, 2.05) is 6.07 Å². The van der Waals surface area contributed by atoms with Crippen LogP contribution in [0.3, 0.4) is 0 Å². The zero-order chi connectivity index (χ0) is 21.0. The number of nitro benzene ring substituents is 2. The molecule has 0 spiro atoms. The summed E-state index contributed by atoms with van der Waals surface area (Å²) in [6.45, 7) is 2.07. The summed E-state index contributed by atoms with van der Waals surface area (Å²) in [5.41, 5.74) is -1.56. The number of furan rings is 1. The summed E-state index contributed by atoms with van der Waals surface area (Å²) in [5, 5.41) is 24.5. The van der Waals surface area contributed by atoms with Crippen LogP contribution in [0.4, 0.5) is 11.4 Å². The molecule has 1 fully saturated rings. The molecule has 0 radical (unpaired) electrons. The van der Waals surface area contributed by atoms with Gasteiger partial charge in [-0.25, -0.2) is 0 Å². The van der Waals surface area contributed by atoms with Gasteiger partial charge < -0.3 is 14.6 Å². The van der Waals surface area contributed by atoms with E-state index in [4.69, 9.17) is 16.0 Å². The number of halogens is 1. The average Bonchev–Trinajstić information content (AvgIpc) is 3.23. The van der Waals surface area contributed by atoms with Crippen LogP contribution in [0.2, 0.25) is 5.02 Å². The number of nitrogens with zero attached hydrogens (tertiary/aromatic N) is 2. The van der Waals surface area contributed by atoms with E-state index in [0.29, 0.717) is 0 Å². The molecule has 1 atom stereocenters. The van der Waals surface area contributed by atoms with E-state index < -0.39 is 32.2 Å². The van der Waals surface area contributed by atoms with Crippen LogP contribution in [0.5, 0.6) is 0 Å². The second-order valence-corrected chi connectivity index (χ2v) is 7.22. The molecule has 2 heterocycles. The highest BCUT2D eigenvalue weighted by molar-refractivity contribution is 6.36. The van der Waals surface area contributed by atoms with Gasteiger partial charge in [-0.1, -0.05) is 11.6 Å². The Morgan fingerprint density at radius 2 is 1.93 bits per heavy atom. The molecular formula is C18H20ClN4O6+. The van der Waals surface area contributed by atoms with E-state index in [2.05, 4.69) is 5.32 Å². The Morgan fingerprint density at radius 1 is 1.21 bits per heavy atom. The number of likely N-dealkylation sites (tertiary alicyclic amines) is 1. The third-order valence-electron chi connectivity index (χ3n) is 5.03. The molecule has 2 aromatic rings.